The molecule has 0 aromatic heterocycles. The predicted octanol–water partition coefficient (Wildman–Crippen LogP) is 16.4. The molecule has 0 atom stereocenters. The summed E-state index contributed by atoms with van der Waals surface area (Å²) in [6, 6.07) is 58.8. The van der Waals surface area contributed by atoms with Gasteiger partial charge in [-0.05, 0) is 143 Å². The Hall–Kier alpha value is -5.90. The van der Waals surface area contributed by atoms with Crippen molar-refractivity contribution in [3.63, 3.8) is 0 Å². The third-order valence-electron chi connectivity index (χ3n) is 23.5. The van der Waals surface area contributed by atoms with Crippen molar-refractivity contribution >= 4 is 81.4 Å². The van der Waals surface area contributed by atoms with E-state index >= 15 is 0 Å². The molecule has 0 N–H and O–H groups in total. The van der Waals surface area contributed by atoms with Crippen molar-refractivity contribution in [3.8, 4) is 44.5 Å². The molecule has 0 spiro atoms. The second-order valence-electron chi connectivity index (χ2n) is 34.2. The number of halogens is 2. The summed E-state index contributed by atoms with van der Waals surface area (Å²) < 4.78 is 0. The summed E-state index contributed by atoms with van der Waals surface area (Å²) in [5.41, 5.74) is 36.5. The van der Waals surface area contributed by atoms with Crippen LogP contribution in [0.15, 0.2) is 146 Å². The molecule has 0 amide bonds. The number of rotatable bonds is 8. The van der Waals surface area contributed by atoms with E-state index in [1.165, 1.54) is 209 Å². The molecule has 0 fully saturated rings. The van der Waals surface area contributed by atoms with Crippen LogP contribution in [0, 0.1) is 27.7 Å². The Morgan fingerprint density at radius 3 is 0.626 bits per heavy atom. The van der Waals surface area contributed by atoms with Crippen molar-refractivity contribution < 1.29 is 51.0 Å². The Labute approximate surface area is 628 Å². The Bertz CT molecular complexity index is 4420. The van der Waals surface area contributed by atoms with Gasteiger partial charge in [0.15, 0.2) is 0 Å². The molecule has 0 saturated heterocycles. The van der Waals surface area contributed by atoms with Gasteiger partial charge in [0.25, 0.3) is 0 Å². The van der Waals surface area contributed by atoms with Gasteiger partial charge in [-0.1, -0.05) is 288 Å². The van der Waals surface area contributed by atoms with E-state index in [1.54, 1.807) is 65.3 Å². The monoisotopic (exact) mass is 1450 g/mol. The van der Waals surface area contributed by atoms with E-state index in [0.717, 1.165) is 0 Å². The maximum atomic E-state index is 2.61. The van der Waals surface area contributed by atoms with Crippen LogP contribution in [0.1, 0.15) is 198 Å². The molecule has 0 unspecified atom stereocenters. The van der Waals surface area contributed by atoms with Crippen molar-refractivity contribution in [2.24, 2.45) is 0 Å². The summed E-state index contributed by atoms with van der Waals surface area (Å²) in [7, 11) is -2.10. The van der Waals surface area contributed by atoms with Gasteiger partial charge in [-0.25, -0.2) is 0 Å². The van der Waals surface area contributed by atoms with E-state index in [-0.39, 0.29) is 72.7 Å². The first kappa shape index (κ1) is 72.9. The van der Waals surface area contributed by atoms with Crippen LogP contribution in [0.2, 0.25) is 13.1 Å². The SMILES string of the molecule is Cc1cc2c(-c3ccc(C(C)(C)C)cc3)c3c(cc2[c-]1[Si](C)[c-]1c(C)cc2c(-c4ccc(C(C)(C)C)cc4)c4c(cc21)CCC4)CCC3.Cc1cc2c(-c3ccc(C(C)(C)C)cc3)c3c(cc2[c-]1[Si](C)[c-]1c(C)cc2c(-c4ccc(C(C)(C)C)cc4)c4c(cc21)CCC4)CCC3.[Cl-].[Cl-].[Zr+2]. The maximum Gasteiger partial charge on any atom is 2.00 e. The maximum absolute atomic E-state index is 2.61. The summed E-state index contributed by atoms with van der Waals surface area (Å²) in [6.45, 7) is 42.5. The Morgan fingerprint density at radius 1 is 0.273 bits per heavy atom. The summed E-state index contributed by atoms with van der Waals surface area (Å²) >= 11 is 0. The van der Waals surface area contributed by atoms with Crippen molar-refractivity contribution in [3.05, 3.63) is 235 Å². The summed E-state index contributed by atoms with van der Waals surface area (Å²) in [5, 5.41) is 18.5. The summed E-state index contributed by atoms with van der Waals surface area (Å²) in [5.74, 6) is 0. The third kappa shape index (κ3) is 12.8. The topological polar surface area (TPSA) is 0 Å². The van der Waals surface area contributed by atoms with E-state index in [0.29, 0.717) is 0 Å². The van der Waals surface area contributed by atoms with Gasteiger partial charge in [-0.15, -0.1) is 110 Å². The van der Waals surface area contributed by atoms with Crippen molar-refractivity contribution in [1.29, 1.82) is 0 Å². The van der Waals surface area contributed by atoms with Gasteiger partial charge in [-0.2, -0.15) is 24.3 Å². The van der Waals surface area contributed by atoms with Crippen LogP contribution in [0.25, 0.3) is 87.6 Å². The van der Waals surface area contributed by atoms with Crippen LogP contribution >= 0.6 is 0 Å². The molecule has 0 saturated carbocycles. The van der Waals surface area contributed by atoms with E-state index in [2.05, 4.69) is 269 Å². The fourth-order valence-corrected chi connectivity index (χ4v) is 24.2. The Morgan fingerprint density at radius 2 is 0.455 bits per heavy atom. The molecule has 4 aliphatic rings. The second-order valence-corrected chi connectivity index (χ2v) is 38.7. The van der Waals surface area contributed by atoms with Crippen molar-refractivity contribution in [1.82, 2.24) is 0 Å². The Kier molecular flexibility index (Phi) is 19.9. The first-order valence-electron chi connectivity index (χ1n) is 36.7. The summed E-state index contributed by atoms with van der Waals surface area (Å²) in [4.78, 5) is 0. The average Bonchev–Trinajstić information content (AvgIpc) is 1.59. The minimum absolute atomic E-state index is 0. The first-order valence-corrected chi connectivity index (χ1v) is 40.7. The largest absolute Gasteiger partial charge is 2.00 e. The van der Waals surface area contributed by atoms with Gasteiger partial charge in [0.05, 0.1) is 0 Å². The zero-order valence-corrected chi connectivity index (χ0v) is 68.6. The molecule has 5 heteroatoms. The molecule has 0 bridgehead atoms. The van der Waals surface area contributed by atoms with Crippen molar-refractivity contribution in [2.75, 3.05) is 0 Å². The van der Waals surface area contributed by atoms with E-state index < -0.39 is 17.6 Å². The smallest absolute Gasteiger partial charge is 1.00 e. The number of fused-ring (bicyclic) bond motifs is 8. The van der Waals surface area contributed by atoms with Crippen LogP contribution in [0.5, 0.6) is 0 Å². The predicted molar refractivity (Wildman–Crippen MR) is 424 cm³/mol. The van der Waals surface area contributed by atoms with Crippen LogP contribution in [0.3, 0.4) is 0 Å². The molecule has 4 aliphatic carbocycles. The van der Waals surface area contributed by atoms with Gasteiger partial charge in [0.1, 0.15) is 0 Å². The van der Waals surface area contributed by atoms with E-state index in [4.69, 9.17) is 0 Å². The Balaban J connectivity index is 0.000000183. The van der Waals surface area contributed by atoms with E-state index in [1.807, 2.05) is 0 Å². The van der Waals surface area contributed by atoms with Gasteiger partial charge >= 0.3 is 26.2 Å². The van der Waals surface area contributed by atoms with Gasteiger partial charge < -0.3 is 24.8 Å². The minimum atomic E-state index is -1.05. The van der Waals surface area contributed by atoms with Crippen LogP contribution < -0.4 is 45.6 Å². The van der Waals surface area contributed by atoms with Gasteiger partial charge in [0.2, 0.25) is 0 Å². The zero-order chi connectivity index (χ0) is 67.4. The quantitative estimate of drug-likeness (QED) is 0.105. The fourth-order valence-electron chi connectivity index (χ4n) is 18.6. The fraction of sp³-hybridized carbons (Fsp3) is 0.362. The van der Waals surface area contributed by atoms with E-state index in [9.17, 15) is 0 Å². The normalized spacial score (nSPS) is 14.4. The molecule has 99 heavy (non-hydrogen) atoms. The number of benzene rings is 8. The third-order valence-corrected chi connectivity index (χ3v) is 29.2. The van der Waals surface area contributed by atoms with Crippen molar-refractivity contribution in [2.45, 2.75) is 223 Å². The standard InChI is InChI=1S/2C47H51Si.2ClH.Zr/c2*1-28-24-38-40(26-32-12-10-14-36(32)42(38)30-16-20-34(21-17-30)46(3,4)5)44(28)48(9)45-29(2)25-39-41(45)27-33-13-11-15-37(33)43(39)31-18-22-35(23-19-31)47(6,7)8;;;/h2*16-27H,10-15H2,1-9H3;2*1H;/q2*-2;;;+2/p-2. The van der Waals surface area contributed by atoms with Crippen LogP contribution in [0.4, 0.5) is 0 Å². The number of hydrogen-bond donors (Lipinski definition) is 0. The zero-order valence-electron chi connectivity index (χ0n) is 62.6. The molecule has 0 heterocycles. The number of hydrogen-bond acceptors (Lipinski definition) is 0. The van der Waals surface area contributed by atoms with Gasteiger partial charge in [0, 0.05) is 17.6 Å². The first-order chi connectivity index (χ1) is 45.6. The molecule has 0 nitrogen and oxygen atoms in total. The molecular weight excluding hydrogens is 1350 g/mol. The minimum Gasteiger partial charge on any atom is -1.00 e. The molecule has 0 aliphatic heterocycles. The average molecular weight is 1450 g/mol. The molecule has 16 rings (SSSR count). The molecular formula is C94H102Cl2Si2Zr-4. The number of aryl methyl sites for hydroxylation is 8. The molecule has 12 aromatic rings. The second kappa shape index (κ2) is 27.0. The van der Waals surface area contributed by atoms with Crippen LogP contribution in [-0.4, -0.2) is 17.6 Å². The molecule has 2 radical (unpaired) electrons. The molecule has 12 aromatic carbocycles. The van der Waals surface area contributed by atoms with Crippen LogP contribution in [-0.2, 0) is 99.2 Å². The van der Waals surface area contributed by atoms with Gasteiger partial charge in [-0.3, -0.25) is 0 Å². The molecule has 508 valence electrons. The summed E-state index contributed by atoms with van der Waals surface area (Å²) in [6.07, 6.45) is 14.7.